The van der Waals surface area contributed by atoms with Gasteiger partial charge in [-0.2, -0.15) is 0 Å². The Bertz CT molecular complexity index is 441. The van der Waals surface area contributed by atoms with Crippen molar-refractivity contribution < 1.29 is 0 Å². The molecule has 1 aliphatic rings. The molecule has 0 amide bonds. The Labute approximate surface area is 123 Å². The first-order valence-corrected chi connectivity index (χ1v) is 7.66. The third-order valence-corrected chi connectivity index (χ3v) is 3.84. The quantitative estimate of drug-likeness (QED) is 0.761. The maximum atomic E-state index is 3.88. The first-order valence-electron chi connectivity index (χ1n) is 7.66. The fraction of sp³-hybridized carbons (Fsp3) is 0.556. The van der Waals surface area contributed by atoms with Gasteiger partial charge in [0, 0.05) is 31.2 Å². The molecule has 110 valence electrons. The van der Waals surface area contributed by atoms with Gasteiger partial charge in [-0.05, 0) is 44.7 Å². The predicted molar refractivity (Wildman–Crippen MR) is 86.7 cm³/mol. The molecule has 0 aromatic heterocycles. The van der Waals surface area contributed by atoms with E-state index in [4.69, 9.17) is 0 Å². The van der Waals surface area contributed by atoms with Crippen LogP contribution in [0.5, 0.6) is 0 Å². The molecule has 1 aromatic carbocycles. The Hall–Kier alpha value is -1.12. The summed E-state index contributed by atoms with van der Waals surface area (Å²) in [6, 6.07) is 9.71. The summed E-state index contributed by atoms with van der Waals surface area (Å²) in [7, 11) is 0. The zero-order chi connectivity index (χ0) is 14.6. The molecular formula is C18H28N2. The summed E-state index contributed by atoms with van der Waals surface area (Å²) in [6.45, 7) is 13.6. The Morgan fingerprint density at radius 2 is 2.00 bits per heavy atom. The molecule has 1 aromatic rings. The number of hydrogen-bond acceptors (Lipinski definition) is 2. The van der Waals surface area contributed by atoms with E-state index in [2.05, 4.69) is 61.8 Å². The second-order valence-electron chi connectivity index (χ2n) is 6.82. The fourth-order valence-electron chi connectivity index (χ4n) is 2.34. The van der Waals surface area contributed by atoms with Crippen LogP contribution in [0.2, 0.25) is 0 Å². The summed E-state index contributed by atoms with van der Waals surface area (Å²) in [6.07, 6.45) is 4.68. The van der Waals surface area contributed by atoms with Crippen molar-refractivity contribution >= 4 is 0 Å². The second kappa shape index (κ2) is 6.55. The number of rotatable bonds is 7. The van der Waals surface area contributed by atoms with E-state index in [1.807, 2.05) is 6.08 Å². The number of benzene rings is 1. The van der Waals surface area contributed by atoms with Gasteiger partial charge < -0.3 is 5.32 Å². The van der Waals surface area contributed by atoms with Crippen LogP contribution in [0, 0.1) is 0 Å². The van der Waals surface area contributed by atoms with Crippen molar-refractivity contribution in [2.75, 3.05) is 6.54 Å². The highest BCUT2D eigenvalue weighted by atomic mass is 15.2. The largest absolute Gasteiger partial charge is 0.310 e. The number of nitrogens with one attached hydrogen (secondary N) is 1. The molecule has 1 N–H and O–H groups in total. The molecule has 0 spiro atoms. The van der Waals surface area contributed by atoms with Crippen LogP contribution in [0.25, 0.3) is 0 Å². The van der Waals surface area contributed by atoms with Gasteiger partial charge in [0.15, 0.2) is 0 Å². The molecule has 1 aliphatic carbocycles. The lowest BCUT2D eigenvalue weighted by Gasteiger charge is -2.35. The molecule has 2 nitrogen and oxygen atoms in total. The Balaban J connectivity index is 1.99. The molecular weight excluding hydrogens is 244 g/mol. The van der Waals surface area contributed by atoms with Gasteiger partial charge in [-0.1, -0.05) is 30.3 Å². The lowest BCUT2D eigenvalue weighted by Crippen LogP contribution is -2.40. The minimum Gasteiger partial charge on any atom is -0.310 e. The van der Waals surface area contributed by atoms with Crippen molar-refractivity contribution in [3.05, 3.63) is 48.0 Å². The average Bonchev–Trinajstić information content (AvgIpc) is 3.19. The van der Waals surface area contributed by atoms with Crippen LogP contribution in [0.15, 0.2) is 36.9 Å². The van der Waals surface area contributed by atoms with Crippen molar-refractivity contribution in [3.8, 4) is 0 Å². The third-order valence-electron chi connectivity index (χ3n) is 3.84. The molecule has 1 fully saturated rings. The van der Waals surface area contributed by atoms with Crippen molar-refractivity contribution in [1.82, 2.24) is 10.2 Å². The minimum absolute atomic E-state index is 0.163. The molecule has 1 saturated carbocycles. The smallest absolute Gasteiger partial charge is 0.0242 e. The molecule has 20 heavy (non-hydrogen) atoms. The van der Waals surface area contributed by atoms with Crippen molar-refractivity contribution in [2.45, 2.75) is 58.3 Å². The van der Waals surface area contributed by atoms with Gasteiger partial charge in [0.25, 0.3) is 0 Å². The molecule has 2 rings (SSSR count). The van der Waals surface area contributed by atoms with Crippen molar-refractivity contribution in [1.29, 1.82) is 0 Å². The van der Waals surface area contributed by atoms with E-state index in [0.717, 1.165) is 25.7 Å². The van der Waals surface area contributed by atoms with Gasteiger partial charge in [-0.15, -0.1) is 6.58 Å². The van der Waals surface area contributed by atoms with Gasteiger partial charge in [0.1, 0.15) is 0 Å². The zero-order valence-electron chi connectivity index (χ0n) is 13.2. The molecule has 0 aliphatic heterocycles. The molecule has 0 unspecified atom stereocenters. The van der Waals surface area contributed by atoms with Crippen LogP contribution in [-0.2, 0) is 13.1 Å². The van der Waals surface area contributed by atoms with E-state index in [-0.39, 0.29) is 5.54 Å². The fourth-order valence-corrected chi connectivity index (χ4v) is 2.34. The molecule has 2 heteroatoms. The van der Waals surface area contributed by atoms with Crippen LogP contribution in [0.1, 0.15) is 44.7 Å². The molecule has 0 atom stereocenters. The SMILES string of the molecule is C=CCN(Cc1cccc(CNC2CC2)c1)C(C)(C)C. The highest BCUT2D eigenvalue weighted by Crippen LogP contribution is 2.20. The van der Waals surface area contributed by atoms with Crippen LogP contribution in [0.3, 0.4) is 0 Å². The highest BCUT2D eigenvalue weighted by molar-refractivity contribution is 5.24. The van der Waals surface area contributed by atoms with E-state index in [1.165, 1.54) is 24.0 Å². The second-order valence-corrected chi connectivity index (χ2v) is 6.82. The summed E-state index contributed by atoms with van der Waals surface area (Å²) >= 11 is 0. The van der Waals surface area contributed by atoms with E-state index in [9.17, 15) is 0 Å². The minimum atomic E-state index is 0.163. The Morgan fingerprint density at radius 1 is 1.30 bits per heavy atom. The van der Waals surface area contributed by atoms with E-state index in [1.54, 1.807) is 0 Å². The van der Waals surface area contributed by atoms with Gasteiger partial charge in [-0.3, -0.25) is 4.90 Å². The first kappa shape index (κ1) is 15.3. The molecule has 0 heterocycles. The standard InChI is InChI=1S/C18H28N2/c1-5-11-20(18(2,3)4)14-16-8-6-7-15(12-16)13-19-17-9-10-17/h5-8,12,17,19H,1,9-11,13-14H2,2-4H3. The van der Waals surface area contributed by atoms with E-state index < -0.39 is 0 Å². The average molecular weight is 272 g/mol. The summed E-state index contributed by atoms with van der Waals surface area (Å²) in [5, 5.41) is 3.58. The predicted octanol–water partition coefficient (Wildman–Crippen LogP) is 3.73. The van der Waals surface area contributed by atoms with Gasteiger partial charge >= 0.3 is 0 Å². The first-order chi connectivity index (χ1) is 9.49. The highest BCUT2D eigenvalue weighted by Gasteiger charge is 2.21. The molecule has 0 saturated heterocycles. The summed E-state index contributed by atoms with van der Waals surface area (Å²) < 4.78 is 0. The normalized spacial score (nSPS) is 15.6. The molecule has 0 radical (unpaired) electrons. The van der Waals surface area contributed by atoms with Crippen LogP contribution < -0.4 is 5.32 Å². The zero-order valence-corrected chi connectivity index (χ0v) is 13.2. The van der Waals surface area contributed by atoms with E-state index >= 15 is 0 Å². The van der Waals surface area contributed by atoms with Gasteiger partial charge in [0.2, 0.25) is 0 Å². The van der Waals surface area contributed by atoms with Gasteiger partial charge in [-0.25, -0.2) is 0 Å². The number of nitrogens with zero attached hydrogens (tertiary/aromatic N) is 1. The Morgan fingerprint density at radius 3 is 2.60 bits per heavy atom. The lowest BCUT2D eigenvalue weighted by atomic mass is 10.0. The summed E-state index contributed by atoms with van der Waals surface area (Å²) in [4.78, 5) is 2.45. The lowest BCUT2D eigenvalue weighted by molar-refractivity contribution is 0.145. The molecule has 0 bridgehead atoms. The van der Waals surface area contributed by atoms with Crippen LogP contribution in [-0.4, -0.2) is 23.0 Å². The number of hydrogen-bond donors (Lipinski definition) is 1. The van der Waals surface area contributed by atoms with Crippen LogP contribution in [0.4, 0.5) is 0 Å². The maximum absolute atomic E-state index is 3.88. The summed E-state index contributed by atoms with van der Waals surface area (Å²) in [5.41, 5.74) is 2.94. The third kappa shape index (κ3) is 4.77. The monoisotopic (exact) mass is 272 g/mol. The maximum Gasteiger partial charge on any atom is 0.0242 e. The van der Waals surface area contributed by atoms with Crippen molar-refractivity contribution in [2.24, 2.45) is 0 Å². The van der Waals surface area contributed by atoms with Crippen LogP contribution >= 0.6 is 0 Å². The van der Waals surface area contributed by atoms with Crippen molar-refractivity contribution in [3.63, 3.8) is 0 Å². The topological polar surface area (TPSA) is 15.3 Å². The van der Waals surface area contributed by atoms with Gasteiger partial charge in [0.05, 0.1) is 0 Å². The Kier molecular flexibility index (Phi) is 5.00. The van der Waals surface area contributed by atoms with E-state index in [0.29, 0.717) is 0 Å². The summed E-state index contributed by atoms with van der Waals surface area (Å²) in [5.74, 6) is 0.